The number of halogens is 2. The van der Waals surface area contributed by atoms with Crippen molar-refractivity contribution in [3.8, 4) is 12.3 Å². The van der Waals surface area contributed by atoms with E-state index in [2.05, 4.69) is 15.9 Å². The van der Waals surface area contributed by atoms with E-state index in [1.165, 1.54) is 0 Å². The van der Waals surface area contributed by atoms with E-state index in [0.717, 1.165) is 22.4 Å². The molecule has 27 heavy (non-hydrogen) atoms. The number of H-pyrrole nitrogens is 1. The molecule has 2 aromatic rings. The second kappa shape index (κ2) is 12.9. The van der Waals surface area contributed by atoms with Crippen molar-refractivity contribution in [2.45, 2.75) is 12.3 Å². The van der Waals surface area contributed by atoms with Crippen LogP contribution in [0.4, 0.5) is 0 Å². The highest BCUT2D eigenvalue weighted by Crippen LogP contribution is 2.25. The van der Waals surface area contributed by atoms with Crippen molar-refractivity contribution in [2.24, 2.45) is 0 Å². The van der Waals surface area contributed by atoms with Gasteiger partial charge in [0.2, 0.25) is 0 Å². The first kappa shape index (κ1) is 22.0. The molecule has 2 rings (SSSR count). The first-order valence-electron chi connectivity index (χ1n) is 8.72. The van der Waals surface area contributed by atoms with Crippen molar-refractivity contribution >= 4 is 34.2 Å². The van der Waals surface area contributed by atoms with Crippen LogP contribution >= 0.6 is 23.2 Å². The molecule has 1 aromatic carbocycles. The minimum Gasteiger partial charge on any atom is -0.379 e. The molecule has 1 N–H and O–H groups in total. The highest BCUT2D eigenvalue weighted by Gasteiger charge is 2.10. The molecule has 0 fully saturated rings. The number of nitrogens with one attached hydrogen (secondary N) is 1. The van der Waals surface area contributed by atoms with Gasteiger partial charge >= 0.3 is 0 Å². The predicted molar refractivity (Wildman–Crippen MR) is 106 cm³/mol. The zero-order valence-corrected chi connectivity index (χ0v) is 16.7. The maximum Gasteiger partial charge on any atom is 0.122 e. The highest BCUT2D eigenvalue weighted by molar-refractivity contribution is 6.32. The summed E-state index contributed by atoms with van der Waals surface area (Å²) in [6.07, 6.45) is 5.74. The molecule has 0 amide bonds. The lowest BCUT2D eigenvalue weighted by Crippen LogP contribution is -2.12. The molecule has 0 saturated heterocycles. The first-order valence-corrected chi connectivity index (χ1v) is 9.64. The Morgan fingerprint density at radius 2 is 1.59 bits per heavy atom. The number of rotatable bonds is 14. The normalized spacial score (nSPS) is 11.1. The fraction of sp³-hybridized carbons (Fsp3) is 0.526. The number of terminal acetylenes is 1. The summed E-state index contributed by atoms with van der Waals surface area (Å²) in [4.78, 5) is 7.66. The third kappa shape index (κ3) is 7.67. The summed E-state index contributed by atoms with van der Waals surface area (Å²) in [7, 11) is 0. The van der Waals surface area contributed by atoms with Gasteiger partial charge in [0.25, 0.3) is 0 Å². The molecule has 1 aromatic heterocycles. The van der Waals surface area contributed by atoms with Gasteiger partial charge in [-0.05, 0) is 18.6 Å². The van der Waals surface area contributed by atoms with Gasteiger partial charge in [-0.2, -0.15) is 0 Å². The largest absolute Gasteiger partial charge is 0.379 e. The summed E-state index contributed by atoms with van der Waals surface area (Å²) in [5.74, 6) is 3.46. The topological polar surface area (TPSA) is 65.6 Å². The highest BCUT2D eigenvalue weighted by atomic mass is 35.5. The summed E-state index contributed by atoms with van der Waals surface area (Å²) >= 11 is 12.1. The number of fused-ring (bicyclic) bond motifs is 1. The van der Waals surface area contributed by atoms with Gasteiger partial charge in [-0.15, -0.1) is 18.0 Å². The van der Waals surface area contributed by atoms with Crippen LogP contribution in [0.15, 0.2) is 12.1 Å². The van der Waals surface area contributed by atoms with E-state index in [1.807, 2.05) is 12.1 Å². The van der Waals surface area contributed by atoms with Crippen molar-refractivity contribution in [1.29, 1.82) is 0 Å². The van der Waals surface area contributed by atoms with Crippen LogP contribution in [0.1, 0.15) is 11.4 Å². The number of aromatic amines is 1. The van der Waals surface area contributed by atoms with E-state index < -0.39 is 0 Å². The number of alkyl halides is 1. The fourth-order valence-electron chi connectivity index (χ4n) is 2.42. The number of imidazole rings is 1. The third-order valence-corrected chi connectivity index (χ3v) is 4.28. The van der Waals surface area contributed by atoms with Crippen LogP contribution in [-0.4, -0.2) is 62.8 Å². The predicted octanol–water partition coefficient (Wildman–Crippen LogP) is 3.20. The molecule has 6 nitrogen and oxygen atoms in total. The SMILES string of the molecule is C#CCOCCOCCOCCOCCc1c(Cl)ccc2[nH]c(CCl)nc12. The van der Waals surface area contributed by atoms with Gasteiger partial charge < -0.3 is 23.9 Å². The summed E-state index contributed by atoms with van der Waals surface area (Å²) in [6, 6.07) is 3.76. The summed E-state index contributed by atoms with van der Waals surface area (Å²) in [5, 5.41) is 0.679. The van der Waals surface area contributed by atoms with Crippen LogP contribution in [0.25, 0.3) is 11.0 Å². The molecule has 0 atom stereocenters. The number of nitrogens with zero attached hydrogens (tertiary/aromatic N) is 1. The number of aromatic nitrogens is 2. The van der Waals surface area contributed by atoms with Crippen LogP contribution in [-0.2, 0) is 31.2 Å². The number of hydrogen-bond acceptors (Lipinski definition) is 5. The lowest BCUT2D eigenvalue weighted by Gasteiger charge is -2.08. The minimum absolute atomic E-state index is 0.310. The maximum atomic E-state index is 6.31. The van der Waals surface area contributed by atoms with Gasteiger partial charge in [-0.3, -0.25) is 0 Å². The Kier molecular flexibility index (Phi) is 10.5. The molecule has 0 bridgehead atoms. The number of hydrogen-bond donors (Lipinski definition) is 1. The van der Waals surface area contributed by atoms with Gasteiger partial charge in [0.15, 0.2) is 0 Å². The van der Waals surface area contributed by atoms with Crippen LogP contribution in [0.3, 0.4) is 0 Å². The molecule has 0 aliphatic heterocycles. The molecular weight excluding hydrogens is 391 g/mol. The minimum atomic E-state index is 0.310. The van der Waals surface area contributed by atoms with Gasteiger partial charge in [0.1, 0.15) is 12.4 Å². The van der Waals surface area contributed by atoms with Crippen LogP contribution in [0.5, 0.6) is 0 Å². The van der Waals surface area contributed by atoms with Crippen molar-refractivity contribution in [1.82, 2.24) is 9.97 Å². The molecule has 1 heterocycles. The molecule has 0 spiro atoms. The Labute approximate surface area is 169 Å². The summed E-state index contributed by atoms with van der Waals surface area (Å²) < 4.78 is 21.5. The Hall–Kier alpha value is -1.33. The Morgan fingerprint density at radius 3 is 2.22 bits per heavy atom. The number of ether oxygens (including phenoxy) is 4. The monoisotopic (exact) mass is 414 g/mol. The van der Waals surface area contributed by atoms with Crippen LogP contribution < -0.4 is 0 Å². The third-order valence-electron chi connectivity index (χ3n) is 3.68. The van der Waals surface area contributed by atoms with Crippen molar-refractivity contribution in [3.05, 3.63) is 28.5 Å². The molecule has 0 aliphatic carbocycles. The zero-order chi connectivity index (χ0) is 19.3. The Morgan fingerprint density at radius 1 is 0.963 bits per heavy atom. The maximum absolute atomic E-state index is 6.31. The molecule has 0 radical (unpaired) electrons. The summed E-state index contributed by atoms with van der Waals surface area (Å²) in [5.41, 5.74) is 2.74. The van der Waals surface area contributed by atoms with Crippen molar-refractivity contribution < 1.29 is 18.9 Å². The zero-order valence-electron chi connectivity index (χ0n) is 15.1. The number of benzene rings is 1. The van der Waals surface area contributed by atoms with E-state index in [4.69, 9.17) is 48.6 Å². The Balaban J connectivity index is 1.56. The summed E-state index contributed by atoms with van der Waals surface area (Å²) in [6.45, 7) is 3.88. The second-order valence-electron chi connectivity index (χ2n) is 5.58. The smallest absolute Gasteiger partial charge is 0.122 e. The van der Waals surface area contributed by atoms with Crippen molar-refractivity contribution in [2.75, 3.05) is 52.9 Å². The fourth-order valence-corrected chi connectivity index (χ4v) is 2.80. The van der Waals surface area contributed by atoms with Crippen molar-refractivity contribution in [3.63, 3.8) is 0 Å². The molecule has 0 unspecified atom stereocenters. The van der Waals surface area contributed by atoms with Gasteiger partial charge in [-0.25, -0.2) is 4.98 Å². The van der Waals surface area contributed by atoms with E-state index in [-0.39, 0.29) is 0 Å². The first-order chi connectivity index (χ1) is 13.3. The molecule has 0 saturated carbocycles. The standard InChI is InChI=1S/C19H24Cl2N2O4/c1-2-6-24-8-10-26-12-13-27-11-9-25-7-5-15-16(21)3-4-17-19(15)23-18(14-20)22-17/h1,3-4H,5-14H2,(H,22,23). The van der Waals surface area contributed by atoms with E-state index in [0.29, 0.717) is 70.2 Å². The Bertz CT molecular complexity index is 730. The molecule has 148 valence electrons. The van der Waals surface area contributed by atoms with Gasteiger partial charge in [-0.1, -0.05) is 17.5 Å². The molecule has 0 aliphatic rings. The average molecular weight is 415 g/mol. The van der Waals surface area contributed by atoms with E-state index >= 15 is 0 Å². The van der Waals surface area contributed by atoms with Crippen LogP contribution in [0, 0.1) is 12.3 Å². The quantitative estimate of drug-likeness (QED) is 0.292. The van der Waals surface area contributed by atoms with Gasteiger partial charge in [0, 0.05) is 10.6 Å². The van der Waals surface area contributed by atoms with E-state index in [1.54, 1.807) is 0 Å². The average Bonchev–Trinajstić information content (AvgIpc) is 3.10. The van der Waals surface area contributed by atoms with E-state index in [9.17, 15) is 0 Å². The van der Waals surface area contributed by atoms with Crippen LogP contribution in [0.2, 0.25) is 5.02 Å². The second-order valence-corrected chi connectivity index (χ2v) is 6.26. The molecular formula is C19H24Cl2N2O4. The van der Waals surface area contributed by atoms with Gasteiger partial charge in [0.05, 0.1) is 63.2 Å². The molecule has 8 heteroatoms. The lowest BCUT2D eigenvalue weighted by molar-refractivity contribution is 0.00169. The lowest BCUT2D eigenvalue weighted by atomic mass is 10.1.